The number of hydrogen-bond donors (Lipinski definition) is 4. The maximum atomic E-state index is 10.3. The molecule has 0 spiro atoms. The van der Waals surface area contributed by atoms with Crippen LogP contribution in [0.25, 0.3) is 0 Å². The van der Waals surface area contributed by atoms with Crippen molar-refractivity contribution in [3.8, 4) is 17.2 Å². The topological polar surface area (TPSA) is 118 Å². The Bertz CT molecular complexity index is 792. The molecular weight excluding hydrogens is 380 g/mol. The first kappa shape index (κ1) is 21.4. The second-order valence-corrected chi connectivity index (χ2v) is 6.81. The molecule has 2 aromatic rings. The Labute approximate surface area is 168 Å². The van der Waals surface area contributed by atoms with Crippen LogP contribution in [-0.2, 0) is 11.2 Å². The van der Waals surface area contributed by atoms with E-state index in [9.17, 15) is 20.4 Å². The second-order valence-electron chi connectivity index (χ2n) is 6.81. The number of benzene rings is 2. The number of aliphatic hydroxyl groups is 4. The monoisotopic (exact) mass is 406 g/mol. The molecular formula is C21H26O8. The average molecular weight is 406 g/mol. The lowest BCUT2D eigenvalue weighted by molar-refractivity contribution is -0.277. The molecule has 1 heterocycles. The summed E-state index contributed by atoms with van der Waals surface area (Å²) in [6.45, 7) is -0.526. The third kappa shape index (κ3) is 4.80. The first-order valence-corrected chi connectivity index (χ1v) is 9.23. The molecule has 1 fully saturated rings. The molecule has 0 unspecified atom stereocenters. The maximum absolute atomic E-state index is 10.3. The van der Waals surface area contributed by atoms with Crippen LogP contribution in [0.2, 0.25) is 0 Å². The van der Waals surface area contributed by atoms with Crippen molar-refractivity contribution in [1.82, 2.24) is 0 Å². The Morgan fingerprint density at radius 1 is 0.862 bits per heavy atom. The van der Waals surface area contributed by atoms with Gasteiger partial charge >= 0.3 is 0 Å². The van der Waals surface area contributed by atoms with Gasteiger partial charge in [0.25, 0.3) is 0 Å². The summed E-state index contributed by atoms with van der Waals surface area (Å²) < 4.78 is 21.7. The van der Waals surface area contributed by atoms with Crippen molar-refractivity contribution < 1.29 is 39.4 Å². The fraction of sp³-hybridized carbons (Fsp3) is 0.429. The SMILES string of the molecule is COc1ccc(Cc2ccc(OC)cc2O[C@H]2O[C@H](CO)[C@@H](O)[C@H](O)[C@H]2O)cc1. The van der Waals surface area contributed by atoms with Crippen LogP contribution in [0, 0.1) is 0 Å². The van der Waals surface area contributed by atoms with Gasteiger partial charge in [0.05, 0.1) is 20.8 Å². The first-order valence-electron chi connectivity index (χ1n) is 9.23. The van der Waals surface area contributed by atoms with Gasteiger partial charge in [-0.3, -0.25) is 0 Å². The zero-order valence-corrected chi connectivity index (χ0v) is 16.3. The van der Waals surface area contributed by atoms with Crippen molar-refractivity contribution in [2.45, 2.75) is 37.1 Å². The number of rotatable bonds is 7. The van der Waals surface area contributed by atoms with Crippen LogP contribution in [0.1, 0.15) is 11.1 Å². The molecule has 0 amide bonds. The lowest BCUT2D eigenvalue weighted by atomic mass is 9.99. The van der Waals surface area contributed by atoms with Gasteiger partial charge in [-0.05, 0) is 29.3 Å². The van der Waals surface area contributed by atoms with Crippen molar-refractivity contribution in [2.24, 2.45) is 0 Å². The molecule has 1 aliphatic rings. The van der Waals surface area contributed by atoms with Gasteiger partial charge in [-0.2, -0.15) is 0 Å². The van der Waals surface area contributed by atoms with Gasteiger partial charge in [0.1, 0.15) is 41.7 Å². The van der Waals surface area contributed by atoms with Crippen LogP contribution in [0.5, 0.6) is 17.2 Å². The molecule has 0 aromatic heterocycles. The van der Waals surface area contributed by atoms with Gasteiger partial charge in [0.15, 0.2) is 0 Å². The van der Waals surface area contributed by atoms with Crippen molar-refractivity contribution in [1.29, 1.82) is 0 Å². The zero-order valence-electron chi connectivity index (χ0n) is 16.3. The van der Waals surface area contributed by atoms with Crippen molar-refractivity contribution >= 4 is 0 Å². The summed E-state index contributed by atoms with van der Waals surface area (Å²) in [4.78, 5) is 0. The van der Waals surface area contributed by atoms with E-state index in [-0.39, 0.29) is 0 Å². The van der Waals surface area contributed by atoms with Crippen LogP contribution < -0.4 is 14.2 Å². The van der Waals surface area contributed by atoms with E-state index in [0.717, 1.165) is 16.9 Å². The molecule has 8 heteroatoms. The molecule has 0 saturated carbocycles. The smallest absolute Gasteiger partial charge is 0.229 e. The summed E-state index contributed by atoms with van der Waals surface area (Å²) in [6.07, 6.45) is -6.24. The van der Waals surface area contributed by atoms with E-state index in [1.54, 1.807) is 19.2 Å². The minimum absolute atomic E-state index is 0.393. The summed E-state index contributed by atoms with van der Waals surface area (Å²) >= 11 is 0. The van der Waals surface area contributed by atoms with E-state index < -0.39 is 37.3 Å². The molecule has 0 radical (unpaired) electrons. The Morgan fingerprint density at radius 3 is 2.14 bits per heavy atom. The van der Waals surface area contributed by atoms with E-state index in [0.29, 0.717) is 17.9 Å². The quantitative estimate of drug-likeness (QED) is 0.524. The minimum atomic E-state index is -1.51. The fourth-order valence-corrected chi connectivity index (χ4v) is 3.17. The molecule has 8 nitrogen and oxygen atoms in total. The molecule has 158 valence electrons. The second kappa shape index (κ2) is 9.43. The fourth-order valence-electron chi connectivity index (χ4n) is 3.17. The molecule has 29 heavy (non-hydrogen) atoms. The first-order chi connectivity index (χ1) is 14.0. The summed E-state index contributed by atoms with van der Waals surface area (Å²) in [5, 5.41) is 39.5. The van der Waals surface area contributed by atoms with E-state index >= 15 is 0 Å². The van der Waals surface area contributed by atoms with Crippen LogP contribution in [0.4, 0.5) is 0 Å². The standard InChI is InChI=1S/C21H26O8/c1-26-14-6-3-12(4-7-14)9-13-5-8-15(27-2)10-16(13)28-21-20(25)19(24)18(23)17(11-22)29-21/h3-8,10,17-25H,9,11H2,1-2H3/t17-,18-,19+,20-,21+/m1/s1. The van der Waals surface area contributed by atoms with Gasteiger partial charge in [0, 0.05) is 12.5 Å². The molecule has 0 aliphatic carbocycles. The van der Waals surface area contributed by atoms with Gasteiger partial charge in [-0.1, -0.05) is 18.2 Å². The number of aliphatic hydroxyl groups excluding tert-OH is 4. The van der Waals surface area contributed by atoms with Crippen molar-refractivity contribution in [2.75, 3.05) is 20.8 Å². The normalized spacial score (nSPS) is 26.8. The number of hydrogen-bond acceptors (Lipinski definition) is 8. The summed E-state index contributed by atoms with van der Waals surface area (Å²) in [5.74, 6) is 1.69. The highest BCUT2D eigenvalue weighted by molar-refractivity contribution is 5.44. The lowest BCUT2D eigenvalue weighted by Gasteiger charge is -2.39. The van der Waals surface area contributed by atoms with Crippen LogP contribution in [-0.4, -0.2) is 72.0 Å². The Morgan fingerprint density at radius 2 is 1.52 bits per heavy atom. The zero-order chi connectivity index (χ0) is 21.0. The average Bonchev–Trinajstić information content (AvgIpc) is 2.75. The predicted octanol–water partition coefficient (Wildman–Crippen LogP) is 0.473. The molecule has 3 rings (SSSR count). The summed E-state index contributed by atoms with van der Waals surface area (Å²) in [6, 6.07) is 12.9. The van der Waals surface area contributed by atoms with Crippen molar-refractivity contribution in [3.05, 3.63) is 53.6 Å². The predicted molar refractivity (Wildman–Crippen MR) is 103 cm³/mol. The summed E-state index contributed by atoms with van der Waals surface area (Å²) in [5.41, 5.74) is 1.81. The number of methoxy groups -OCH3 is 2. The lowest BCUT2D eigenvalue weighted by Crippen LogP contribution is -2.60. The maximum Gasteiger partial charge on any atom is 0.229 e. The van der Waals surface area contributed by atoms with Crippen LogP contribution in [0.15, 0.2) is 42.5 Å². The van der Waals surface area contributed by atoms with Gasteiger partial charge in [-0.25, -0.2) is 0 Å². The van der Waals surface area contributed by atoms with E-state index in [1.165, 1.54) is 7.11 Å². The van der Waals surface area contributed by atoms with E-state index in [1.807, 2.05) is 30.3 Å². The Kier molecular flexibility index (Phi) is 6.94. The Balaban J connectivity index is 1.84. The highest BCUT2D eigenvalue weighted by Gasteiger charge is 2.44. The third-order valence-electron chi connectivity index (χ3n) is 4.92. The molecule has 2 aromatic carbocycles. The van der Waals surface area contributed by atoms with Gasteiger partial charge in [0.2, 0.25) is 6.29 Å². The Hall–Kier alpha value is -2.36. The highest BCUT2D eigenvalue weighted by atomic mass is 16.7. The third-order valence-corrected chi connectivity index (χ3v) is 4.92. The van der Waals surface area contributed by atoms with Crippen LogP contribution in [0.3, 0.4) is 0 Å². The number of ether oxygens (including phenoxy) is 4. The van der Waals surface area contributed by atoms with Gasteiger partial charge < -0.3 is 39.4 Å². The van der Waals surface area contributed by atoms with Crippen molar-refractivity contribution in [3.63, 3.8) is 0 Å². The molecule has 0 bridgehead atoms. The highest BCUT2D eigenvalue weighted by Crippen LogP contribution is 2.31. The molecule has 1 saturated heterocycles. The molecule has 4 N–H and O–H groups in total. The molecule has 1 aliphatic heterocycles. The van der Waals surface area contributed by atoms with Crippen LogP contribution >= 0.6 is 0 Å². The molecule has 5 atom stereocenters. The minimum Gasteiger partial charge on any atom is -0.497 e. The van der Waals surface area contributed by atoms with Gasteiger partial charge in [-0.15, -0.1) is 0 Å². The van der Waals surface area contributed by atoms with E-state index in [4.69, 9.17) is 18.9 Å². The van der Waals surface area contributed by atoms with E-state index in [2.05, 4.69) is 0 Å². The summed E-state index contributed by atoms with van der Waals surface area (Å²) in [7, 11) is 3.13. The largest absolute Gasteiger partial charge is 0.497 e.